The molecule has 2 aromatic rings. The number of rotatable bonds is 4. The molecule has 2 rings (SSSR count). The smallest absolute Gasteiger partial charge is 0.107 e. The Labute approximate surface area is 92.4 Å². The maximum absolute atomic E-state index is 7.19. The molecular weight excluding hydrogens is 204 g/mol. The van der Waals surface area contributed by atoms with Crippen molar-refractivity contribution in [3.8, 4) is 11.4 Å². The van der Waals surface area contributed by atoms with Crippen LogP contribution < -0.4 is 5.73 Å². The van der Waals surface area contributed by atoms with E-state index in [9.17, 15) is 0 Å². The highest BCUT2D eigenvalue weighted by molar-refractivity contribution is 5.77. The molecule has 0 spiro atoms. The fourth-order valence-electron chi connectivity index (χ4n) is 1.42. The molecule has 0 aliphatic rings. The average molecular weight is 216 g/mol. The predicted molar refractivity (Wildman–Crippen MR) is 59.8 cm³/mol. The molecule has 0 aliphatic heterocycles. The third-order valence-corrected chi connectivity index (χ3v) is 2.20. The molecule has 82 valence electrons. The zero-order chi connectivity index (χ0) is 11.4. The lowest BCUT2D eigenvalue weighted by Crippen LogP contribution is -2.10. The first kappa shape index (κ1) is 10.3. The molecule has 0 radical (unpaired) electrons. The molecule has 0 fully saturated rings. The van der Waals surface area contributed by atoms with E-state index in [0.717, 1.165) is 17.0 Å². The summed E-state index contributed by atoms with van der Waals surface area (Å²) in [5.41, 5.74) is 7.91. The van der Waals surface area contributed by atoms with Crippen molar-refractivity contribution in [2.24, 2.45) is 5.73 Å². The largest absolute Gasteiger partial charge is 0.388 e. The van der Waals surface area contributed by atoms with Crippen LogP contribution in [0.25, 0.3) is 11.4 Å². The van der Waals surface area contributed by atoms with Crippen molar-refractivity contribution in [1.82, 2.24) is 20.2 Å². The van der Waals surface area contributed by atoms with Crippen LogP contribution >= 0.6 is 0 Å². The molecule has 6 heteroatoms. The molecule has 2 aromatic heterocycles. The summed E-state index contributed by atoms with van der Waals surface area (Å²) < 4.78 is 0. The molecular formula is C10H12N6. The van der Waals surface area contributed by atoms with Gasteiger partial charge in [-0.2, -0.15) is 5.10 Å². The van der Waals surface area contributed by atoms with Gasteiger partial charge in [-0.15, -0.1) is 0 Å². The Morgan fingerprint density at radius 1 is 1.38 bits per heavy atom. The number of hydrogen-bond acceptors (Lipinski definition) is 4. The van der Waals surface area contributed by atoms with Gasteiger partial charge >= 0.3 is 0 Å². The van der Waals surface area contributed by atoms with E-state index < -0.39 is 0 Å². The molecule has 6 nitrogen and oxygen atoms in total. The van der Waals surface area contributed by atoms with Crippen LogP contribution in [0.15, 0.2) is 24.8 Å². The van der Waals surface area contributed by atoms with E-state index in [4.69, 9.17) is 11.1 Å². The van der Waals surface area contributed by atoms with Crippen LogP contribution in [0, 0.1) is 5.41 Å². The Bertz CT molecular complexity index is 475. The summed E-state index contributed by atoms with van der Waals surface area (Å²) in [5.74, 6) is 0.172. The third-order valence-electron chi connectivity index (χ3n) is 2.20. The second-order valence-electron chi connectivity index (χ2n) is 3.39. The molecule has 0 amide bonds. The van der Waals surface area contributed by atoms with Crippen LogP contribution in [0.3, 0.4) is 0 Å². The van der Waals surface area contributed by atoms with Crippen molar-refractivity contribution in [1.29, 1.82) is 5.41 Å². The Kier molecular flexibility index (Phi) is 2.90. The zero-order valence-corrected chi connectivity index (χ0v) is 8.64. The Morgan fingerprint density at radius 2 is 2.25 bits per heavy atom. The van der Waals surface area contributed by atoms with Crippen LogP contribution in [0.5, 0.6) is 0 Å². The highest BCUT2D eigenvalue weighted by Gasteiger charge is 2.08. The maximum Gasteiger partial charge on any atom is 0.107 e. The predicted octanol–water partition coefficient (Wildman–Crippen LogP) is 0.735. The average Bonchev–Trinajstić information content (AvgIpc) is 2.75. The number of nitrogens with two attached hydrogens (primary N) is 1. The van der Waals surface area contributed by atoms with E-state index in [0.29, 0.717) is 12.8 Å². The van der Waals surface area contributed by atoms with Gasteiger partial charge in [0.25, 0.3) is 0 Å². The van der Waals surface area contributed by atoms with Crippen LogP contribution in [0.1, 0.15) is 12.0 Å². The summed E-state index contributed by atoms with van der Waals surface area (Å²) in [6.07, 6.45) is 7.85. The van der Waals surface area contributed by atoms with Gasteiger partial charge in [0.2, 0.25) is 0 Å². The number of nitrogens with one attached hydrogen (secondary N) is 2. The Hall–Kier alpha value is -2.24. The number of nitrogens with zero attached hydrogens (tertiary/aromatic N) is 3. The number of hydrogen-bond donors (Lipinski definition) is 3. The molecule has 0 saturated heterocycles. The zero-order valence-electron chi connectivity index (χ0n) is 8.64. The number of H-pyrrole nitrogens is 1. The van der Waals surface area contributed by atoms with Gasteiger partial charge in [-0.05, 0) is 12.0 Å². The second-order valence-corrected chi connectivity index (χ2v) is 3.39. The lowest BCUT2D eigenvalue weighted by molar-refractivity contribution is 1.02. The normalized spacial score (nSPS) is 10.2. The van der Waals surface area contributed by atoms with E-state index in [1.807, 2.05) is 0 Å². The molecule has 0 saturated carbocycles. The van der Waals surface area contributed by atoms with E-state index in [-0.39, 0.29) is 5.84 Å². The van der Waals surface area contributed by atoms with Crippen LogP contribution in [0.4, 0.5) is 0 Å². The van der Waals surface area contributed by atoms with Gasteiger partial charge in [-0.25, -0.2) is 0 Å². The molecule has 2 heterocycles. The standard InChI is InChI=1S/C10H12N6/c11-9(12)2-1-7-5-15-16-10(7)8-6-13-3-4-14-8/h3-6H,1-2H2,(H3,11,12)(H,15,16). The van der Waals surface area contributed by atoms with Crippen molar-refractivity contribution in [3.63, 3.8) is 0 Å². The maximum atomic E-state index is 7.19. The highest BCUT2D eigenvalue weighted by atomic mass is 15.1. The van der Waals surface area contributed by atoms with Crippen molar-refractivity contribution in [3.05, 3.63) is 30.4 Å². The summed E-state index contributed by atoms with van der Waals surface area (Å²) in [7, 11) is 0. The Morgan fingerprint density at radius 3 is 2.94 bits per heavy atom. The molecule has 4 N–H and O–H groups in total. The molecule has 0 aliphatic carbocycles. The van der Waals surface area contributed by atoms with Gasteiger partial charge in [0, 0.05) is 18.8 Å². The highest BCUT2D eigenvalue weighted by Crippen LogP contribution is 2.18. The topological polar surface area (TPSA) is 104 Å². The van der Waals surface area contributed by atoms with Gasteiger partial charge in [-0.3, -0.25) is 20.5 Å². The first-order valence-corrected chi connectivity index (χ1v) is 4.89. The summed E-state index contributed by atoms with van der Waals surface area (Å²) in [6.45, 7) is 0. The van der Waals surface area contributed by atoms with E-state index in [1.165, 1.54) is 0 Å². The third kappa shape index (κ3) is 2.22. The number of amidine groups is 1. The molecule has 0 atom stereocenters. The van der Waals surface area contributed by atoms with Crippen molar-refractivity contribution >= 4 is 5.84 Å². The van der Waals surface area contributed by atoms with Crippen molar-refractivity contribution in [2.75, 3.05) is 0 Å². The number of aromatic amines is 1. The fraction of sp³-hybridized carbons (Fsp3) is 0.200. The first-order chi connectivity index (χ1) is 7.77. The minimum atomic E-state index is 0.172. The number of aromatic nitrogens is 4. The monoisotopic (exact) mass is 216 g/mol. The lowest BCUT2D eigenvalue weighted by Gasteiger charge is -2.01. The van der Waals surface area contributed by atoms with Crippen LogP contribution in [0.2, 0.25) is 0 Å². The van der Waals surface area contributed by atoms with Gasteiger partial charge in [0.05, 0.1) is 23.9 Å². The summed E-state index contributed by atoms with van der Waals surface area (Å²) >= 11 is 0. The quantitative estimate of drug-likeness (QED) is 0.517. The first-order valence-electron chi connectivity index (χ1n) is 4.89. The van der Waals surface area contributed by atoms with E-state index in [2.05, 4.69) is 20.2 Å². The van der Waals surface area contributed by atoms with Crippen molar-refractivity contribution in [2.45, 2.75) is 12.8 Å². The number of aryl methyl sites for hydroxylation is 1. The van der Waals surface area contributed by atoms with Crippen molar-refractivity contribution < 1.29 is 0 Å². The SMILES string of the molecule is N=C(N)CCc1cn[nH]c1-c1cnccn1. The molecule has 0 unspecified atom stereocenters. The van der Waals surface area contributed by atoms with Gasteiger partial charge in [0.15, 0.2) is 0 Å². The fourth-order valence-corrected chi connectivity index (χ4v) is 1.42. The van der Waals surface area contributed by atoms with Gasteiger partial charge < -0.3 is 5.73 Å². The molecule has 0 bridgehead atoms. The van der Waals surface area contributed by atoms with E-state index >= 15 is 0 Å². The van der Waals surface area contributed by atoms with Gasteiger partial charge in [0.1, 0.15) is 5.69 Å². The summed E-state index contributed by atoms with van der Waals surface area (Å²) in [6, 6.07) is 0. The van der Waals surface area contributed by atoms with Crippen LogP contribution in [-0.4, -0.2) is 26.0 Å². The summed E-state index contributed by atoms with van der Waals surface area (Å²) in [4.78, 5) is 8.19. The van der Waals surface area contributed by atoms with E-state index in [1.54, 1.807) is 24.8 Å². The van der Waals surface area contributed by atoms with Gasteiger partial charge in [-0.1, -0.05) is 0 Å². The summed E-state index contributed by atoms with van der Waals surface area (Å²) in [5, 5.41) is 14.0. The lowest BCUT2D eigenvalue weighted by atomic mass is 10.1. The molecule has 0 aromatic carbocycles. The molecule has 16 heavy (non-hydrogen) atoms. The minimum absolute atomic E-state index is 0.172. The Balaban J connectivity index is 2.23. The van der Waals surface area contributed by atoms with Crippen LogP contribution in [-0.2, 0) is 6.42 Å². The minimum Gasteiger partial charge on any atom is -0.388 e. The second kappa shape index (κ2) is 4.52.